The number of hydrogen-bond donors (Lipinski definition) is 0. The van der Waals surface area contributed by atoms with Crippen LogP contribution < -0.4 is 4.74 Å². The van der Waals surface area contributed by atoms with Gasteiger partial charge in [0.15, 0.2) is 0 Å². The molecule has 0 unspecified atom stereocenters. The average molecular weight is 347 g/mol. The lowest BCUT2D eigenvalue weighted by molar-refractivity contribution is 0.305. The molecule has 2 aromatic rings. The predicted octanol–water partition coefficient (Wildman–Crippen LogP) is 5.61. The van der Waals surface area contributed by atoms with Gasteiger partial charge in [0, 0.05) is 5.33 Å². The van der Waals surface area contributed by atoms with Crippen LogP contribution in [0.25, 0.3) is 0 Å². The maximum atomic E-state index is 5.78. The molecular weight excluding hydrogens is 324 g/mol. The molecule has 0 bridgehead atoms. The number of rotatable bonds is 9. The Hall–Kier alpha value is -1.28. The van der Waals surface area contributed by atoms with Crippen LogP contribution in [0.1, 0.15) is 36.8 Å². The highest BCUT2D eigenvalue weighted by molar-refractivity contribution is 9.09. The third kappa shape index (κ3) is 6.34. The first-order chi connectivity index (χ1) is 10.4. The molecule has 2 heteroatoms. The highest BCUT2D eigenvalue weighted by Crippen LogP contribution is 2.16. The number of benzene rings is 2. The van der Waals surface area contributed by atoms with E-state index < -0.39 is 0 Å². The van der Waals surface area contributed by atoms with Gasteiger partial charge in [-0.2, -0.15) is 0 Å². The summed E-state index contributed by atoms with van der Waals surface area (Å²) in [5.74, 6) is 0.979. The summed E-state index contributed by atoms with van der Waals surface area (Å²) in [6, 6.07) is 19.0. The highest BCUT2D eigenvalue weighted by Gasteiger charge is 1.98. The third-order valence-electron chi connectivity index (χ3n) is 3.47. The molecule has 0 atom stereocenters. The van der Waals surface area contributed by atoms with Gasteiger partial charge in [-0.1, -0.05) is 71.2 Å². The molecule has 0 saturated carbocycles. The van der Waals surface area contributed by atoms with E-state index in [0.29, 0.717) is 0 Å². The molecule has 0 heterocycles. The minimum absolute atomic E-state index is 0.820. The van der Waals surface area contributed by atoms with Gasteiger partial charge in [-0.3, -0.25) is 0 Å². The fourth-order valence-electron chi connectivity index (χ4n) is 2.28. The van der Waals surface area contributed by atoms with Crippen LogP contribution in [0, 0.1) is 0 Å². The maximum absolute atomic E-state index is 5.78. The molecule has 0 spiro atoms. The molecule has 0 fully saturated rings. The number of alkyl halides is 1. The first-order valence-corrected chi connectivity index (χ1v) is 8.82. The van der Waals surface area contributed by atoms with E-state index in [-0.39, 0.29) is 0 Å². The average Bonchev–Trinajstić information content (AvgIpc) is 2.53. The quantitative estimate of drug-likeness (QED) is 0.423. The van der Waals surface area contributed by atoms with Gasteiger partial charge in [0.1, 0.15) is 5.75 Å². The fourth-order valence-corrected chi connectivity index (χ4v) is 2.67. The summed E-state index contributed by atoms with van der Waals surface area (Å²) in [4.78, 5) is 0. The molecular formula is C19H23BrO. The Labute approximate surface area is 136 Å². The van der Waals surface area contributed by atoms with E-state index in [4.69, 9.17) is 4.74 Å². The van der Waals surface area contributed by atoms with Crippen molar-refractivity contribution >= 4 is 15.9 Å². The molecule has 1 nitrogen and oxygen atoms in total. The standard InChI is InChI=1S/C19H23BrO/c20-14-6-1-2-7-15-21-19-12-10-18(11-13-19)16-17-8-4-3-5-9-17/h3-5,8-13H,1-2,6-7,14-16H2. The zero-order valence-electron chi connectivity index (χ0n) is 12.4. The van der Waals surface area contributed by atoms with E-state index in [1.165, 1.54) is 30.4 Å². The molecule has 0 N–H and O–H groups in total. The van der Waals surface area contributed by atoms with E-state index in [1.54, 1.807) is 0 Å². The van der Waals surface area contributed by atoms with Crippen molar-refractivity contribution in [3.8, 4) is 5.75 Å². The molecule has 0 aliphatic carbocycles. The topological polar surface area (TPSA) is 9.23 Å². The van der Waals surface area contributed by atoms with Crippen molar-refractivity contribution in [1.29, 1.82) is 0 Å². The maximum Gasteiger partial charge on any atom is 0.119 e. The highest BCUT2D eigenvalue weighted by atomic mass is 79.9. The second-order valence-electron chi connectivity index (χ2n) is 5.26. The summed E-state index contributed by atoms with van der Waals surface area (Å²) in [6.07, 6.45) is 5.91. The van der Waals surface area contributed by atoms with Crippen LogP contribution >= 0.6 is 15.9 Å². The zero-order valence-corrected chi connectivity index (χ0v) is 14.0. The fraction of sp³-hybridized carbons (Fsp3) is 0.368. The lowest BCUT2D eigenvalue weighted by Crippen LogP contribution is -1.97. The summed E-state index contributed by atoms with van der Waals surface area (Å²) in [7, 11) is 0. The van der Waals surface area contributed by atoms with E-state index in [9.17, 15) is 0 Å². The lowest BCUT2D eigenvalue weighted by Gasteiger charge is -2.07. The first kappa shape index (κ1) is 16.1. The van der Waals surface area contributed by atoms with Gasteiger partial charge < -0.3 is 4.74 Å². The van der Waals surface area contributed by atoms with Crippen molar-refractivity contribution in [2.24, 2.45) is 0 Å². The van der Waals surface area contributed by atoms with Crippen molar-refractivity contribution in [2.75, 3.05) is 11.9 Å². The molecule has 0 aromatic heterocycles. The van der Waals surface area contributed by atoms with Crippen molar-refractivity contribution in [3.05, 3.63) is 65.7 Å². The largest absolute Gasteiger partial charge is 0.494 e. The van der Waals surface area contributed by atoms with Gasteiger partial charge in [0.05, 0.1) is 6.61 Å². The molecule has 21 heavy (non-hydrogen) atoms. The second kappa shape index (κ2) is 9.62. The van der Waals surface area contributed by atoms with Gasteiger partial charge in [-0.15, -0.1) is 0 Å². The molecule has 0 amide bonds. The van der Waals surface area contributed by atoms with Gasteiger partial charge in [-0.05, 0) is 42.5 Å². The Morgan fingerprint density at radius 2 is 1.38 bits per heavy atom. The van der Waals surface area contributed by atoms with Gasteiger partial charge in [0.25, 0.3) is 0 Å². The Morgan fingerprint density at radius 1 is 0.714 bits per heavy atom. The molecule has 2 rings (SSSR count). The van der Waals surface area contributed by atoms with Crippen LogP contribution in [0.3, 0.4) is 0 Å². The lowest BCUT2D eigenvalue weighted by atomic mass is 10.1. The minimum atomic E-state index is 0.820. The molecule has 0 aliphatic rings. The smallest absolute Gasteiger partial charge is 0.119 e. The number of unbranched alkanes of at least 4 members (excludes halogenated alkanes) is 3. The normalized spacial score (nSPS) is 10.5. The van der Waals surface area contributed by atoms with Crippen molar-refractivity contribution in [1.82, 2.24) is 0 Å². The Morgan fingerprint density at radius 3 is 2.10 bits per heavy atom. The third-order valence-corrected chi connectivity index (χ3v) is 4.03. The summed E-state index contributed by atoms with van der Waals surface area (Å²) < 4.78 is 5.78. The summed E-state index contributed by atoms with van der Waals surface area (Å²) in [6.45, 7) is 0.820. The van der Waals surface area contributed by atoms with Gasteiger partial charge in [-0.25, -0.2) is 0 Å². The second-order valence-corrected chi connectivity index (χ2v) is 6.05. The van der Waals surface area contributed by atoms with E-state index in [0.717, 1.165) is 30.5 Å². The number of ether oxygens (including phenoxy) is 1. The van der Waals surface area contributed by atoms with Gasteiger partial charge in [0.2, 0.25) is 0 Å². The van der Waals surface area contributed by atoms with E-state index in [2.05, 4.69) is 70.5 Å². The van der Waals surface area contributed by atoms with Crippen LogP contribution in [0.4, 0.5) is 0 Å². The SMILES string of the molecule is BrCCCCCCOc1ccc(Cc2ccccc2)cc1. The van der Waals surface area contributed by atoms with Crippen LogP contribution in [-0.2, 0) is 6.42 Å². The van der Waals surface area contributed by atoms with E-state index >= 15 is 0 Å². The Bertz CT molecular complexity index is 493. The van der Waals surface area contributed by atoms with E-state index in [1.807, 2.05) is 0 Å². The summed E-state index contributed by atoms with van der Waals surface area (Å²) in [5.41, 5.74) is 2.67. The van der Waals surface area contributed by atoms with Crippen LogP contribution in [0.5, 0.6) is 5.75 Å². The van der Waals surface area contributed by atoms with Crippen molar-refractivity contribution < 1.29 is 4.74 Å². The molecule has 0 aliphatic heterocycles. The predicted molar refractivity (Wildman–Crippen MR) is 93.4 cm³/mol. The number of halogens is 1. The summed E-state index contributed by atoms with van der Waals surface area (Å²) >= 11 is 3.45. The molecule has 2 aromatic carbocycles. The van der Waals surface area contributed by atoms with Gasteiger partial charge >= 0.3 is 0 Å². The minimum Gasteiger partial charge on any atom is -0.494 e. The van der Waals surface area contributed by atoms with Crippen LogP contribution in [0.15, 0.2) is 54.6 Å². The van der Waals surface area contributed by atoms with Crippen molar-refractivity contribution in [2.45, 2.75) is 32.1 Å². The van der Waals surface area contributed by atoms with Crippen molar-refractivity contribution in [3.63, 3.8) is 0 Å². The van der Waals surface area contributed by atoms with Crippen LogP contribution in [0.2, 0.25) is 0 Å². The Kier molecular flexibility index (Phi) is 7.37. The molecule has 0 saturated heterocycles. The Balaban J connectivity index is 1.72. The molecule has 112 valence electrons. The molecule has 0 radical (unpaired) electrons. The zero-order chi connectivity index (χ0) is 14.8. The van der Waals surface area contributed by atoms with Crippen LogP contribution in [-0.4, -0.2) is 11.9 Å². The number of hydrogen-bond acceptors (Lipinski definition) is 1. The monoisotopic (exact) mass is 346 g/mol. The first-order valence-electron chi connectivity index (χ1n) is 7.70. The summed E-state index contributed by atoms with van der Waals surface area (Å²) in [5, 5.41) is 1.11.